The largest absolute Gasteiger partial charge is 0.293 e. The fourth-order valence-corrected chi connectivity index (χ4v) is 7.68. The molecular formula is C24H30OSi. The van der Waals surface area contributed by atoms with Gasteiger partial charge in [0.2, 0.25) is 0 Å². The van der Waals surface area contributed by atoms with Crippen LogP contribution in [0, 0.1) is 5.41 Å². The van der Waals surface area contributed by atoms with E-state index in [9.17, 15) is 4.79 Å². The predicted molar refractivity (Wildman–Crippen MR) is 113 cm³/mol. The molecule has 0 aliphatic heterocycles. The molecule has 1 saturated carbocycles. The van der Waals surface area contributed by atoms with Gasteiger partial charge in [-0.05, 0) is 18.9 Å². The van der Waals surface area contributed by atoms with Gasteiger partial charge in [0, 0.05) is 5.56 Å². The first kappa shape index (κ1) is 18.8. The van der Waals surface area contributed by atoms with E-state index in [1.165, 1.54) is 17.2 Å². The van der Waals surface area contributed by atoms with Gasteiger partial charge >= 0.3 is 0 Å². The Labute approximate surface area is 159 Å². The zero-order chi connectivity index (χ0) is 18.6. The maximum Gasteiger partial charge on any atom is 0.172 e. The molecule has 0 bridgehead atoms. The lowest BCUT2D eigenvalue weighted by molar-refractivity contribution is 0.0790. The summed E-state index contributed by atoms with van der Waals surface area (Å²) in [6.07, 6.45) is 5.42. The van der Waals surface area contributed by atoms with E-state index < -0.39 is 8.07 Å². The molecule has 3 rings (SSSR count). The highest BCUT2D eigenvalue weighted by molar-refractivity contribution is 6.84. The molecule has 1 fully saturated rings. The molecule has 2 heteroatoms. The summed E-state index contributed by atoms with van der Waals surface area (Å²) in [5, 5.41) is 1.25. The third kappa shape index (κ3) is 3.76. The maximum atomic E-state index is 13.6. The summed E-state index contributed by atoms with van der Waals surface area (Å²) in [6.45, 7) is 9.38. The van der Waals surface area contributed by atoms with Crippen LogP contribution in [-0.4, -0.2) is 13.9 Å². The smallest absolute Gasteiger partial charge is 0.172 e. The lowest BCUT2D eigenvalue weighted by atomic mass is 9.69. The molecule has 1 aliphatic rings. The Bertz CT molecular complexity index is 755. The minimum atomic E-state index is -1.82. The van der Waals surface area contributed by atoms with Gasteiger partial charge in [-0.15, -0.1) is 6.58 Å². The molecule has 2 aromatic rings. The number of ketones is 1. The van der Waals surface area contributed by atoms with Crippen molar-refractivity contribution in [3.05, 3.63) is 83.6 Å². The molecule has 1 aliphatic carbocycles. The summed E-state index contributed by atoms with van der Waals surface area (Å²) in [6, 6.07) is 21.6. The van der Waals surface area contributed by atoms with E-state index in [-0.39, 0.29) is 5.41 Å². The molecule has 136 valence electrons. The van der Waals surface area contributed by atoms with Crippen LogP contribution in [0.15, 0.2) is 72.4 Å². The van der Waals surface area contributed by atoms with Crippen molar-refractivity contribution in [2.24, 2.45) is 5.41 Å². The molecule has 2 aromatic carbocycles. The number of hydrogen-bond acceptors (Lipinski definition) is 1. The van der Waals surface area contributed by atoms with E-state index in [1.807, 2.05) is 30.3 Å². The highest BCUT2D eigenvalue weighted by Gasteiger charge is 2.47. The number of rotatable bonds is 6. The number of benzene rings is 2. The average molecular weight is 363 g/mol. The van der Waals surface area contributed by atoms with Crippen LogP contribution in [-0.2, 0) is 6.04 Å². The van der Waals surface area contributed by atoms with Crippen molar-refractivity contribution >= 4 is 13.9 Å². The minimum Gasteiger partial charge on any atom is -0.293 e. The topological polar surface area (TPSA) is 17.1 Å². The molecule has 26 heavy (non-hydrogen) atoms. The number of Topliss-reactive ketones (excluding diaryl/α,β-unsaturated/α-hetero) is 1. The number of carbonyl (C=O) groups excluding carboxylic acids is 1. The van der Waals surface area contributed by atoms with Crippen LogP contribution in [0.2, 0.25) is 13.1 Å². The van der Waals surface area contributed by atoms with Gasteiger partial charge in [0.05, 0.1) is 13.5 Å². The standard InChI is InChI=1S/C24H30OSi/c1-20(26(2,3)19-21-13-7-4-8-14-21)24(17-11-6-12-18-24)23(25)22-15-9-5-10-16-22/h4-5,7-10,13-16H,1,6,11-12,17-19H2,2-3H3. The van der Waals surface area contributed by atoms with E-state index in [2.05, 4.69) is 50.0 Å². The highest BCUT2D eigenvalue weighted by atomic mass is 28.3. The quantitative estimate of drug-likeness (QED) is 0.429. The first-order chi connectivity index (χ1) is 12.5. The van der Waals surface area contributed by atoms with Gasteiger partial charge in [-0.1, -0.05) is 104 Å². The average Bonchev–Trinajstić information content (AvgIpc) is 2.68. The van der Waals surface area contributed by atoms with Crippen LogP contribution in [0.5, 0.6) is 0 Å². The van der Waals surface area contributed by atoms with Crippen molar-refractivity contribution in [1.29, 1.82) is 0 Å². The summed E-state index contributed by atoms with van der Waals surface area (Å²) in [5.41, 5.74) is 1.85. The van der Waals surface area contributed by atoms with E-state index in [1.54, 1.807) is 0 Å². The zero-order valence-corrected chi connectivity index (χ0v) is 17.1. The molecule has 0 spiro atoms. The van der Waals surface area contributed by atoms with Gasteiger partial charge in [-0.2, -0.15) is 0 Å². The molecule has 0 unspecified atom stereocenters. The molecule has 0 aromatic heterocycles. The van der Waals surface area contributed by atoms with Gasteiger partial charge in [-0.3, -0.25) is 4.79 Å². The molecule has 1 nitrogen and oxygen atoms in total. The van der Waals surface area contributed by atoms with E-state index in [0.29, 0.717) is 5.78 Å². The Morgan fingerprint density at radius 1 is 0.923 bits per heavy atom. The lowest BCUT2D eigenvalue weighted by Gasteiger charge is -2.43. The molecular weight excluding hydrogens is 332 g/mol. The zero-order valence-electron chi connectivity index (χ0n) is 16.1. The second-order valence-electron chi connectivity index (χ2n) is 8.36. The van der Waals surface area contributed by atoms with Gasteiger partial charge in [0.25, 0.3) is 0 Å². The van der Waals surface area contributed by atoms with Crippen LogP contribution >= 0.6 is 0 Å². The van der Waals surface area contributed by atoms with E-state index in [0.717, 1.165) is 37.3 Å². The number of hydrogen-bond donors (Lipinski definition) is 0. The summed E-state index contributed by atoms with van der Waals surface area (Å²) >= 11 is 0. The summed E-state index contributed by atoms with van der Waals surface area (Å²) in [4.78, 5) is 13.6. The summed E-state index contributed by atoms with van der Waals surface area (Å²) in [5.74, 6) is 0.302. The second-order valence-corrected chi connectivity index (χ2v) is 13.1. The highest BCUT2D eigenvalue weighted by Crippen LogP contribution is 2.48. The van der Waals surface area contributed by atoms with Gasteiger partial charge in [0.1, 0.15) is 0 Å². The summed E-state index contributed by atoms with van der Waals surface area (Å²) < 4.78 is 0. The Morgan fingerprint density at radius 3 is 2.04 bits per heavy atom. The number of allylic oxidation sites excluding steroid dienone is 1. The minimum absolute atomic E-state index is 0.302. The van der Waals surface area contributed by atoms with Crippen molar-refractivity contribution in [2.75, 3.05) is 0 Å². The lowest BCUT2D eigenvalue weighted by Crippen LogP contribution is -2.46. The van der Waals surface area contributed by atoms with Crippen LogP contribution in [0.4, 0.5) is 0 Å². The molecule has 0 heterocycles. The molecule has 0 amide bonds. The predicted octanol–water partition coefficient (Wildman–Crippen LogP) is 6.41. The second kappa shape index (κ2) is 7.75. The normalized spacial score (nSPS) is 16.8. The van der Waals surface area contributed by atoms with Crippen molar-refractivity contribution in [3.8, 4) is 0 Å². The molecule has 0 atom stereocenters. The summed E-state index contributed by atoms with van der Waals surface area (Å²) in [7, 11) is -1.82. The van der Waals surface area contributed by atoms with Crippen LogP contribution in [0.1, 0.15) is 48.0 Å². The Kier molecular flexibility index (Phi) is 5.62. The fraction of sp³-hybridized carbons (Fsp3) is 0.375. The monoisotopic (exact) mass is 362 g/mol. The molecule has 0 radical (unpaired) electrons. The van der Waals surface area contributed by atoms with Crippen molar-refractivity contribution in [1.82, 2.24) is 0 Å². The number of carbonyl (C=O) groups is 1. The first-order valence-corrected chi connectivity index (χ1v) is 13.0. The van der Waals surface area contributed by atoms with Gasteiger partial charge < -0.3 is 0 Å². The van der Waals surface area contributed by atoms with Gasteiger partial charge in [-0.25, -0.2) is 0 Å². The third-order valence-corrected chi connectivity index (χ3v) is 9.47. The fourth-order valence-electron chi connectivity index (χ4n) is 4.55. The van der Waals surface area contributed by atoms with Crippen LogP contribution in [0.25, 0.3) is 0 Å². The van der Waals surface area contributed by atoms with Crippen molar-refractivity contribution in [3.63, 3.8) is 0 Å². The maximum absolute atomic E-state index is 13.6. The van der Waals surface area contributed by atoms with Crippen LogP contribution < -0.4 is 0 Å². The molecule has 0 saturated heterocycles. The Hall–Kier alpha value is -1.93. The SMILES string of the molecule is C=C(C1(C(=O)c2ccccc2)CCCCC1)[Si](C)(C)Cc1ccccc1. The Balaban J connectivity index is 1.94. The van der Waals surface area contributed by atoms with E-state index in [4.69, 9.17) is 0 Å². The Morgan fingerprint density at radius 2 is 1.46 bits per heavy atom. The van der Waals surface area contributed by atoms with Gasteiger partial charge in [0.15, 0.2) is 5.78 Å². The molecule has 0 N–H and O–H groups in total. The van der Waals surface area contributed by atoms with Crippen LogP contribution in [0.3, 0.4) is 0 Å². The van der Waals surface area contributed by atoms with Crippen molar-refractivity contribution in [2.45, 2.75) is 51.2 Å². The third-order valence-electron chi connectivity index (χ3n) is 6.06. The van der Waals surface area contributed by atoms with E-state index >= 15 is 0 Å². The first-order valence-electron chi connectivity index (χ1n) is 9.79. The van der Waals surface area contributed by atoms with Crippen molar-refractivity contribution < 1.29 is 4.79 Å².